The van der Waals surface area contributed by atoms with Crippen LogP contribution in [-0.2, 0) is 0 Å². The molecule has 0 bridgehead atoms. The largest absolute Gasteiger partial charge is 0.396 e. The van der Waals surface area contributed by atoms with E-state index in [9.17, 15) is 0 Å². The maximum absolute atomic E-state index is 8.91. The molecule has 0 aromatic rings. The molecule has 0 radical (unpaired) electrons. The van der Waals surface area contributed by atoms with Crippen LogP contribution in [0, 0.1) is 11.3 Å². The van der Waals surface area contributed by atoms with Crippen LogP contribution < -0.4 is 10.6 Å². The van der Waals surface area contributed by atoms with Crippen molar-refractivity contribution in [2.24, 2.45) is 11.3 Å². The van der Waals surface area contributed by atoms with Crippen LogP contribution in [0.25, 0.3) is 0 Å². The third-order valence-electron chi connectivity index (χ3n) is 3.22. The Morgan fingerprint density at radius 1 is 1.47 bits per heavy atom. The average Bonchev–Trinajstić information content (AvgIpc) is 2.19. The maximum Gasteiger partial charge on any atom is 0.0436 e. The zero-order valence-electron chi connectivity index (χ0n) is 10.2. The summed E-state index contributed by atoms with van der Waals surface area (Å²) >= 11 is 0. The van der Waals surface area contributed by atoms with Crippen molar-refractivity contribution in [3.8, 4) is 0 Å². The zero-order chi connectivity index (χ0) is 11.1. The van der Waals surface area contributed by atoms with E-state index in [1.807, 2.05) is 0 Å². The molecule has 0 aromatic carbocycles. The van der Waals surface area contributed by atoms with Gasteiger partial charge in [-0.2, -0.15) is 0 Å². The highest BCUT2D eigenvalue weighted by atomic mass is 16.3. The summed E-state index contributed by atoms with van der Waals surface area (Å²) in [5.41, 5.74) is 0.219. The summed E-state index contributed by atoms with van der Waals surface area (Å²) < 4.78 is 0. The monoisotopic (exact) mass is 214 g/mol. The van der Waals surface area contributed by atoms with Crippen molar-refractivity contribution in [2.75, 3.05) is 32.8 Å². The molecule has 0 aromatic heterocycles. The van der Waals surface area contributed by atoms with Crippen molar-refractivity contribution in [3.05, 3.63) is 0 Å². The minimum Gasteiger partial charge on any atom is -0.396 e. The standard InChI is InChI=1S/C12H26N2O/c1-12(2,5-7-15)10-14-9-11-4-3-6-13-8-11/h11,13-15H,3-10H2,1-2H3. The van der Waals surface area contributed by atoms with Crippen LogP contribution >= 0.6 is 0 Å². The highest BCUT2D eigenvalue weighted by molar-refractivity contribution is 4.75. The van der Waals surface area contributed by atoms with Gasteiger partial charge in [-0.1, -0.05) is 13.8 Å². The number of hydrogen-bond acceptors (Lipinski definition) is 3. The lowest BCUT2D eigenvalue weighted by Crippen LogP contribution is -2.39. The molecule has 1 aliphatic heterocycles. The van der Waals surface area contributed by atoms with Gasteiger partial charge in [-0.05, 0) is 50.2 Å². The Morgan fingerprint density at radius 2 is 2.27 bits per heavy atom. The van der Waals surface area contributed by atoms with E-state index in [-0.39, 0.29) is 5.41 Å². The van der Waals surface area contributed by atoms with E-state index in [0.717, 1.165) is 32.0 Å². The van der Waals surface area contributed by atoms with Crippen molar-refractivity contribution in [3.63, 3.8) is 0 Å². The summed E-state index contributed by atoms with van der Waals surface area (Å²) in [6.45, 7) is 9.16. The highest BCUT2D eigenvalue weighted by Crippen LogP contribution is 2.18. The van der Waals surface area contributed by atoms with Gasteiger partial charge >= 0.3 is 0 Å². The molecule has 1 saturated heterocycles. The molecule has 1 heterocycles. The summed E-state index contributed by atoms with van der Waals surface area (Å²) in [5.74, 6) is 0.795. The fourth-order valence-corrected chi connectivity index (χ4v) is 2.10. The molecule has 1 unspecified atom stereocenters. The molecule has 1 atom stereocenters. The number of hydrogen-bond donors (Lipinski definition) is 3. The fraction of sp³-hybridized carbons (Fsp3) is 1.00. The van der Waals surface area contributed by atoms with Gasteiger partial charge in [-0.25, -0.2) is 0 Å². The van der Waals surface area contributed by atoms with Crippen molar-refractivity contribution in [1.82, 2.24) is 10.6 Å². The Hall–Kier alpha value is -0.120. The van der Waals surface area contributed by atoms with Gasteiger partial charge in [0, 0.05) is 13.2 Å². The number of piperidine rings is 1. The van der Waals surface area contributed by atoms with E-state index in [1.165, 1.54) is 19.4 Å². The Kier molecular flexibility index (Phi) is 5.58. The van der Waals surface area contributed by atoms with E-state index in [4.69, 9.17) is 5.11 Å². The second kappa shape index (κ2) is 6.46. The van der Waals surface area contributed by atoms with E-state index in [1.54, 1.807) is 0 Å². The first kappa shape index (κ1) is 12.9. The highest BCUT2D eigenvalue weighted by Gasteiger charge is 2.18. The van der Waals surface area contributed by atoms with Crippen LogP contribution in [0.15, 0.2) is 0 Å². The van der Waals surface area contributed by atoms with Gasteiger partial charge in [-0.15, -0.1) is 0 Å². The van der Waals surface area contributed by atoms with Crippen LogP contribution in [0.2, 0.25) is 0 Å². The van der Waals surface area contributed by atoms with Gasteiger partial charge in [0.1, 0.15) is 0 Å². The summed E-state index contributed by atoms with van der Waals surface area (Å²) in [4.78, 5) is 0. The first-order valence-electron chi connectivity index (χ1n) is 6.16. The van der Waals surface area contributed by atoms with Crippen LogP contribution in [0.5, 0.6) is 0 Å². The molecule has 0 aliphatic carbocycles. The van der Waals surface area contributed by atoms with Crippen molar-refractivity contribution in [1.29, 1.82) is 0 Å². The molecule has 1 aliphatic rings. The molecule has 15 heavy (non-hydrogen) atoms. The smallest absolute Gasteiger partial charge is 0.0436 e. The quantitative estimate of drug-likeness (QED) is 0.618. The SMILES string of the molecule is CC(C)(CCO)CNCC1CCCNC1. The lowest BCUT2D eigenvalue weighted by atomic mass is 9.89. The second-order valence-electron chi connectivity index (χ2n) is 5.48. The Morgan fingerprint density at radius 3 is 2.87 bits per heavy atom. The van der Waals surface area contributed by atoms with Gasteiger partial charge in [0.15, 0.2) is 0 Å². The molecule has 3 N–H and O–H groups in total. The van der Waals surface area contributed by atoms with Gasteiger partial charge in [0.05, 0.1) is 0 Å². The molecular weight excluding hydrogens is 188 g/mol. The molecule has 0 amide bonds. The summed E-state index contributed by atoms with van der Waals surface area (Å²) in [5, 5.41) is 15.9. The first-order chi connectivity index (χ1) is 7.14. The Bertz CT molecular complexity index is 165. The molecule has 90 valence electrons. The topological polar surface area (TPSA) is 44.3 Å². The van der Waals surface area contributed by atoms with Gasteiger partial charge in [0.25, 0.3) is 0 Å². The third kappa shape index (κ3) is 5.50. The Balaban J connectivity index is 2.09. The molecule has 0 spiro atoms. The number of aliphatic hydroxyl groups excluding tert-OH is 1. The molecule has 1 rings (SSSR count). The van der Waals surface area contributed by atoms with Crippen LogP contribution in [0.4, 0.5) is 0 Å². The number of aliphatic hydroxyl groups is 1. The Labute approximate surface area is 93.6 Å². The van der Waals surface area contributed by atoms with Crippen molar-refractivity contribution < 1.29 is 5.11 Å². The number of nitrogens with one attached hydrogen (secondary N) is 2. The predicted molar refractivity (Wildman–Crippen MR) is 63.9 cm³/mol. The average molecular weight is 214 g/mol. The van der Waals surface area contributed by atoms with Crippen molar-refractivity contribution in [2.45, 2.75) is 33.1 Å². The predicted octanol–water partition coefficient (Wildman–Crippen LogP) is 0.984. The lowest BCUT2D eigenvalue weighted by molar-refractivity contribution is 0.203. The summed E-state index contributed by atoms with van der Waals surface area (Å²) in [7, 11) is 0. The first-order valence-corrected chi connectivity index (χ1v) is 6.16. The van der Waals surface area contributed by atoms with Crippen LogP contribution in [0.3, 0.4) is 0 Å². The van der Waals surface area contributed by atoms with E-state index in [2.05, 4.69) is 24.5 Å². The van der Waals surface area contributed by atoms with Gasteiger partial charge in [-0.3, -0.25) is 0 Å². The van der Waals surface area contributed by atoms with Crippen LogP contribution in [-0.4, -0.2) is 37.9 Å². The lowest BCUT2D eigenvalue weighted by Gasteiger charge is -2.27. The normalized spacial score (nSPS) is 23.0. The van der Waals surface area contributed by atoms with E-state index in [0.29, 0.717) is 6.61 Å². The molecular formula is C12H26N2O. The summed E-state index contributed by atoms with van der Waals surface area (Å²) in [6, 6.07) is 0. The number of rotatable bonds is 6. The third-order valence-corrected chi connectivity index (χ3v) is 3.22. The van der Waals surface area contributed by atoms with Gasteiger partial charge < -0.3 is 15.7 Å². The minimum absolute atomic E-state index is 0.219. The van der Waals surface area contributed by atoms with E-state index >= 15 is 0 Å². The molecule has 0 saturated carbocycles. The molecule has 3 heteroatoms. The maximum atomic E-state index is 8.91. The zero-order valence-corrected chi connectivity index (χ0v) is 10.2. The second-order valence-corrected chi connectivity index (χ2v) is 5.48. The van der Waals surface area contributed by atoms with E-state index < -0.39 is 0 Å². The fourth-order valence-electron chi connectivity index (χ4n) is 2.10. The molecule has 1 fully saturated rings. The van der Waals surface area contributed by atoms with Crippen LogP contribution in [0.1, 0.15) is 33.1 Å². The summed E-state index contributed by atoms with van der Waals surface area (Å²) in [6.07, 6.45) is 3.54. The van der Waals surface area contributed by atoms with Crippen molar-refractivity contribution >= 4 is 0 Å². The van der Waals surface area contributed by atoms with Gasteiger partial charge in [0.2, 0.25) is 0 Å². The minimum atomic E-state index is 0.219. The molecule has 3 nitrogen and oxygen atoms in total.